The van der Waals surface area contributed by atoms with Crippen LogP contribution in [0.3, 0.4) is 0 Å². The molecule has 0 aromatic carbocycles. The van der Waals surface area contributed by atoms with E-state index in [0.717, 1.165) is 44.4 Å². The number of hydrogen-bond donors (Lipinski definition) is 2. The normalized spacial score (nSPS) is 24.3. The van der Waals surface area contributed by atoms with E-state index in [2.05, 4.69) is 36.0 Å². The molecule has 0 aliphatic carbocycles. The highest BCUT2D eigenvalue weighted by molar-refractivity contribution is 7.98. The van der Waals surface area contributed by atoms with Crippen LogP contribution in [0.1, 0.15) is 39.0 Å². The maximum Gasteiger partial charge on any atom is 0.278 e. The summed E-state index contributed by atoms with van der Waals surface area (Å²) < 4.78 is 0. The lowest BCUT2D eigenvalue weighted by Gasteiger charge is -2.44. The third kappa shape index (κ3) is 3.74. The standard InChI is InChI=1S/C15H27N3O2S2/c1-3-4-8-18-13(19)12(5-11-22-2)16-15(18)6-9-17(10-7-15)14(20)21/h12,16H,3-11H2,1-2H3,(H,20,21). The highest BCUT2D eigenvalue weighted by Crippen LogP contribution is 2.34. The van der Waals surface area contributed by atoms with Crippen LogP contribution in [0, 0.1) is 0 Å². The minimum atomic E-state index is -0.255. The Morgan fingerprint density at radius 1 is 1.45 bits per heavy atom. The van der Waals surface area contributed by atoms with Gasteiger partial charge in [0.2, 0.25) is 5.91 Å². The van der Waals surface area contributed by atoms with Gasteiger partial charge in [-0.05, 0) is 24.9 Å². The van der Waals surface area contributed by atoms with E-state index in [-0.39, 0.29) is 22.9 Å². The van der Waals surface area contributed by atoms with Gasteiger partial charge in [-0.25, -0.2) is 0 Å². The van der Waals surface area contributed by atoms with Gasteiger partial charge in [0.15, 0.2) is 0 Å². The third-order valence-electron chi connectivity index (χ3n) is 4.73. The van der Waals surface area contributed by atoms with Crippen LogP contribution in [0.2, 0.25) is 0 Å². The quantitative estimate of drug-likeness (QED) is 0.725. The Morgan fingerprint density at radius 3 is 2.68 bits per heavy atom. The van der Waals surface area contributed by atoms with Crippen molar-refractivity contribution in [3.8, 4) is 0 Å². The van der Waals surface area contributed by atoms with Crippen molar-refractivity contribution in [1.29, 1.82) is 0 Å². The number of piperidine rings is 1. The lowest BCUT2D eigenvalue weighted by atomic mass is 9.96. The maximum absolute atomic E-state index is 12.8. The van der Waals surface area contributed by atoms with E-state index in [1.165, 1.54) is 0 Å². The highest BCUT2D eigenvalue weighted by atomic mass is 32.2. The molecule has 0 saturated carbocycles. The lowest BCUT2D eigenvalue weighted by molar-refractivity contribution is -0.133. The van der Waals surface area contributed by atoms with Crippen LogP contribution >= 0.6 is 24.4 Å². The molecule has 126 valence electrons. The van der Waals surface area contributed by atoms with E-state index < -0.39 is 0 Å². The number of thiol groups is 1. The summed E-state index contributed by atoms with van der Waals surface area (Å²) >= 11 is 5.69. The van der Waals surface area contributed by atoms with Crippen LogP contribution in [0.25, 0.3) is 0 Å². The summed E-state index contributed by atoms with van der Waals surface area (Å²) in [5, 5.41) is 3.44. The Labute approximate surface area is 143 Å². The molecule has 0 bridgehead atoms. The first kappa shape index (κ1) is 17.9. The Balaban J connectivity index is 2.09. The number of nitrogens with one attached hydrogen (secondary N) is 1. The number of rotatable bonds is 6. The molecular weight excluding hydrogens is 318 g/mol. The molecule has 2 fully saturated rings. The number of thioether (sulfide) groups is 1. The maximum atomic E-state index is 12.8. The second kappa shape index (κ2) is 7.93. The summed E-state index contributed by atoms with van der Waals surface area (Å²) in [5.74, 6) is 1.23. The Morgan fingerprint density at radius 2 is 2.14 bits per heavy atom. The van der Waals surface area contributed by atoms with Gasteiger partial charge in [-0.1, -0.05) is 26.0 Å². The zero-order valence-electron chi connectivity index (χ0n) is 13.5. The number of likely N-dealkylation sites (tertiary alicyclic amines) is 1. The van der Waals surface area contributed by atoms with Crippen molar-refractivity contribution in [1.82, 2.24) is 15.1 Å². The van der Waals surface area contributed by atoms with Crippen LogP contribution in [-0.2, 0) is 4.79 Å². The largest absolute Gasteiger partial charge is 0.334 e. The second-order valence-electron chi connectivity index (χ2n) is 6.12. The molecular formula is C15H27N3O2S2. The summed E-state index contributed by atoms with van der Waals surface area (Å²) in [4.78, 5) is 28.0. The molecule has 7 heteroatoms. The highest BCUT2D eigenvalue weighted by Gasteiger charge is 2.50. The first-order chi connectivity index (χ1) is 10.5. The Kier molecular flexibility index (Phi) is 6.46. The van der Waals surface area contributed by atoms with Crippen LogP contribution in [0.4, 0.5) is 4.79 Å². The predicted molar refractivity (Wildman–Crippen MR) is 94.5 cm³/mol. The fraction of sp³-hybridized carbons (Fsp3) is 0.867. The monoisotopic (exact) mass is 345 g/mol. The fourth-order valence-corrected chi connectivity index (χ4v) is 4.09. The molecule has 1 N–H and O–H groups in total. The second-order valence-corrected chi connectivity index (χ2v) is 7.49. The van der Waals surface area contributed by atoms with Gasteiger partial charge < -0.3 is 9.80 Å². The third-order valence-corrected chi connectivity index (χ3v) is 5.66. The molecule has 2 amide bonds. The molecule has 2 aliphatic heterocycles. The number of nitrogens with zero attached hydrogens (tertiary/aromatic N) is 2. The summed E-state index contributed by atoms with van der Waals surface area (Å²) in [6.07, 6.45) is 6.64. The lowest BCUT2D eigenvalue weighted by Crippen LogP contribution is -2.59. The zero-order valence-corrected chi connectivity index (χ0v) is 15.2. The van der Waals surface area contributed by atoms with Gasteiger partial charge in [0.1, 0.15) is 0 Å². The van der Waals surface area contributed by atoms with Crippen LogP contribution in [0.15, 0.2) is 0 Å². The van der Waals surface area contributed by atoms with E-state index in [1.54, 1.807) is 16.7 Å². The van der Waals surface area contributed by atoms with Crippen LogP contribution < -0.4 is 5.32 Å². The van der Waals surface area contributed by atoms with E-state index in [1.807, 2.05) is 0 Å². The molecule has 2 rings (SSSR count). The topological polar surface area (TPSA) is 52.7 Å². The molecule has 0 aromatic rings. The van der Waals surface area contributed by atoms with Crippen molar-refractivity contribution in [2.24, 2.45) is 0 Å². The van der Waals surface area contributed by atoms with E-state index >= 15 is 0 Å². The van der Waals surface area contributed by atoms with Gasteiger partial charge in [0.25, 0.3) is 5.24 Å². The average Bonchev–Trinajstić information content (AvgIpc) is 2.75. The predicted octanol–water partition coefficient (Wildman–Crippen LogP) is 2.18. The molecule has 5 nitrogen and oxygen atoms in total. The minimum absolute atomic E-state index is 0.0671. The van der Waals surface area contributed by atoms with Gasteiger partial charge in [-0.15, -0.1) is 0 Å². The van der Waals surface area contributed by atoms with Crippen molar-refractivity contribution < 1.29 is 9.59 Å². The van der Waals surface area contributed by atoms with Crippen molar-refractivity contribution in [3.63, 3.8) is 0 Å². The summed E-state index contributed by atoms with van der Waals surface area (Å²) in [6.45, 7) is 4.29. The van der Waals surface area contributed by atoms with Gasteiger partial charge in [-0.3, -0.25) is 14.9 Å². The van der Waals surface area contributed by atoms with Crippen LogP contribution in [-0.4, -0.2) is 64.3 Å². The molecule has 0 radical (unpaired) electrons. The molecule has 1 spiro atoms. The van der Waals surface area contributed by atoms with Crippen molar-refractivity contribution in [2.45, 2.75) is 50.7 Å². The summed E-state index contributed by atoms with van der Waals surface area (Å²) in [7, 11) is 0. The average molecular weight is 346 g/mol. The molecule has 2 aliphatic rings. The molecule has 0 aromatic heterocycles. The van der Waals surface area contributed by atoms with Crippen molar-refractivity contribution >= 4 is 35.5 Å². The van der Waals surface area contributed by atoms with Gasteiger partial charge in [0, 0.05) is 32.5 Å². The molecule has 1 atom stereocenters. The smallest absolute Gasteiger partial charge is 0.278 e. The fourth-order valence-electron chi connectivity index (χ4n) is 3.42. The van der Waals surface area contributed by atoms with Gasteiger partial charge in [-0.2, -0.15) is 11.8 Å². The number of amides is 2. The number of carbonyl (C=O) groups excluding carboxylic acids is 2. The van der Waals surface area contributed by atoms with Crippen molar-refractivity contribution in [3.05, 3.63) is 0 Å². The van der Waals surface area contributed by atoms with Gasteiger partial charge >= 0.3 is 0 Å². The van der Waals surface area contributed by atoms with Crippen molar-refractivity contribution in [2.75, 3.05) is 31.6 Å². The Hall–Kier alpha value is -0.400. The first-order valence-electron chi connectivity index (χ1n) is 8.10. The Bertz CT molecular complexity index is 412. The number of carbonyl (C=O) groups is 2. The summed E-state index contributed by atoms with van der Waals surface area (Å²) in [6, 6.07) is -0.0671. The zero-order chi connectivity index (χ0) is 16.2. The number of unbranched alkanes of at least 4 members (excludes halogenated alkanes) is 1. The number of hydrogen-bond acceptors (Lipinski definition) is 4. The van der Waals surface area contributed by atoms with E-state index in [0.29, 0.717) is 13.1 Å². The first-order valence-corrected chi connectivity index (χ1v) is 9.94. The molecule has 2 heterocycles. The molecule has 1 unspecified atom stereocenters. The van der Waals surface area contributed by atoms with Gasteiger partial charge in [0.05, 0.1) is 11.7 Å². The van der Waals surface area contributed by atoms with E-state index in [4.69, 9.17) is 0 Å². The minimum Gasteiger partial charge on any atom is -0.334 e. The molecule has 22 heavy (non-hydrogen) atoms. The SMILES string of the molecule is CCCCN1C(=O)C(CCSC)NC12CCN(C(=O)S)CC2. The van der Waals surface area contributed by atoms with E-state index in [9.17, 15) is 9.59 Å². The molecule has 2 saturated heterocycles. The van der Waals surface area contributed by atoms with Crippen LogP contribution in [0.5, 0.6) is 0 Å². The summed E-state index contributed by atoms with van der Waals surface area (Å²) in [5.41, 5.74) is -0.255.